The molecule has 1 aromatic carbocycles. The van der Waals surface area contributed by atoms with E-state index in [9.17, 15) is 9.59 Å². The quantitative estimate of drug-likeness (QED) is 0.786. The largest absolute Gasteiger partial charge is 0.495 e. The predicted octanol–water partition coefficient (Wildman–Crippen LogP) is 2.67. The molecule has 0 spiro atoms. The summed E-state index contributed by atoms with van der Waals surface area (Å²) in [5.41, 5.74) is 0.505. The monoisotopic (exact) mass is 292 g/mol. The molecule has 0 atom stereocenters. The molecule has 1 N–H and O–H groups in total. The lowest BCUT2D eigenvalue weighted by Crippen LogP contribution is -2.40. The SMILES string of the molecule is CCCCN(CCC)C(=O)C(=O)Nc1ccccc1OC. The van der Waals surface area contributed by atoms with Crippen molar-refractivity contribution < 1.29 is 14.3 Å². The summed E-state index contributed by atoms with van der Waals surface area (Å²) in [6.45, 7) is 5.26. The highest BCUT2D eigenvalue weighted by Crippen LogP contribution is 2.22. The van der Waals surface area contributed by atoms with Gasteiger partial charge in [-0.3, -0.25) is 9.59 Å². The van der Waals surface area contributed by atoms with Gasteiger partial charge in [-0.15, -0.1) is 0 Å². The summed E-state index contributed by atoms with van der Waals surface area (Å²) in [6, 6.07) is 7.03. The van der Waals surface area contributed by atoms with Crippen molar-refractivity contribution in [1.82, 2.24) is 4.90 Å². The minimum absolute atomic E-state index is 0.490. The Morgan fingerprint density at radius 1 is 1.14 bits per heavy atom. The summed E-state index contributed by atoms with van der Waals surface area (Å²) in [4.78, 5) is 25.9. The highest BCUT2D eigenvalue weighted by atomic mass is 16.5. The van der Waals surface area contributed by atoms with Crippen LogP contribution in [0.1, 0.15) is 33.1 Å². The van der Waals surface area contributed by atoms with Gasteiger partial charge < -0.3 is 15.0 Å². The number of anilines is 1. The summed E-state index contributed by atoms with van der Waals surface area (Å²) < 4.78 is 5.16. The molecule has 21 heavy (non-hydrogen) atoms. The molecule has 0 radical (unpaired) electrons. The first kappa shape index (κ1) is 17.0. The Hall–Kier alpha value is -2.04. The number of methoxy groups -OCH3 is 1. The maximum Gasteiger partial charge on any atom is 0.314 e. The summed E-state index contributed by atoms with van der Waals surface area (Å²) >= 11 is 0. The first-order chi connectivity index (χ1) is 10.1. The molecule has 5 heteroatoms. The van der Waals surface area contributed by atoms with Gasteiger partial charge in [-0.25, -0.2) is 0 Å². The Bertz CT molecular complexity index is 474. The summed E-state index contributed by atoms with van der Waals surface area (Å²) in [7, 11) is 1.53. The van der Waals surface area contributed by atoms with Gasteiger partial charge >= 0.3 is 11.8 Å². The van der Waals surface area contributed by atoms with Crippen LogP contribution in [0.3, 0.4) is 0 Å². The summed E-state index contributed by atoms with van der Waals surface area (Å²) in [5, 5.41) is 2.62. The average Bonchev–Trinajstić information content (AvgIpc) is 2.51. The third kappa shape index (κ3) is 5.10. The van der Waals surface area contributed by atoms with Crippen molar-refractivity contribution in [2.24, 2.45) is 0 Å². The molecular weight excluding hydrogens is 268 g/mol. The smallest absolute Gasteiger partial charge is 0.314 e. The van der Waals surface area contributed by atoms with E-state index in [1.807, 2.05) is 6.92 Å². The number of amides is 2. The van der Waals surface area contributed by atoms with Crippen LogP contribution in [0.5, 0.6) is 5.75 Å². The fourth-order valence-corrected chi connectivity index (χ4v) is 2.00. The molecule has 0 saturated carbocycles. The minimum atomic E-state index is -0.621. The number of carbonyl (C=O) groups is 2. The van der Waals surface area contributed by atoms with E-state index in [1.54, 1.807) is 29.2 Å². The summed E-state index contributed by atoms with van der Waals surface area (Å²) in [6.07, 6.45) is 2.71. The second-order valence-electron chi connectivity index (χ2n) is 4.80. The number of nitrogens with one attached hydrogen (secondary N) is 1. The Morgan fingerprint density at radius 3 is 2.48 bits per heavy atom. The molecule has 0 fully saturated rings. The molecule has 0 saturated heterocycles. The van der Waals surface area contributed by atoms with Gasteiger partial charge in [-0.05, 0) is 25.0 Å². The van der Waals surface area contributed by atoms with Crippen LogP contribution >= 0.6 is 0 Å². The van der Waals surface area contributed by atoms with Crippen LogP contribution in [0.25, 0.3) is 0 Å². The van der Waals surface area contributed by atoms with E-state index < -0.39 is 11.8 Å². The Labute approximate surface area is 126 Å². The molecular formula is C16H24N2O3. The Balaban J connectivity index is 2.73. The van der Waals surface area contributed by atoms with E-state index in [0.29, 0.717) is 24.5 Å². The zero-order valence-corrected chi connectivity index (χ0v) is 13.0. The minimum Gasteiger partial charge on any atom is -0.495 e. The maximum atomic E-state index is 12.2. The summed E-state index contributed by atoms with van der Waals surface area (Å²) in [5.74, 6) is -0.575. The second kappa shape index (κ2) is 9.00. The number of benzene rings is 1. The fraction of sp³-hybridized carbons (Fsp3) is 0.500. The number of rotatable bonds is 7. The van der Waals surface area contributed by atoms with Crippen LogP contribution in [0.4, 0.5) is 5.69 Å². The van der Waals surface area contributed by atoms with Crippen LogP contribution in [0, 0.1) is 0 Å². The lowest BCUT2D eigenvalue weighted by atomic mass is 10.2. The third-order valence-electron chi connectivity index (χ3n) is 3.11. The maximum absolute atomic E-state index is 12.2. The Kier molecular flexibility index (Phi) is 7.29. The van der Waals surface area contributed by atoms with Crippen molar-refractivity contribution in [3.05, 3.63) is 24.3 Å². The van der Waals surface area contributed by atoms with Crippen LogP contribution in [-0.2, 0) is 9.59 Å². The molecule has 0 aliphatic rings. The van der Waals surface area contributed by atoms with E-state index in [1.165, 1.54) is 7.11 Å². The van der Waals surface area contributed by atoms with Gasteiger partial charge in [0.1, 0.15) is 5.75 Å². The van der Waals surface area contributed by atoms with Crippen LogP contribution in [0.2, 0.25) is 0 Å². The van der Waals surface area contributed by atoms with E-state index in [2.05, 4.69) is 12.2 Å². The number of ether oxygens (including phenoxy) is 1. The predicted molar refractivity (Wildman–Crippen MR) is 83.4 cm³/mol. The van der Waals surface area contributed by atoms with Crippen molar-refractivity contribution in [2.75, 3.05) is 25.5 Å². The topological polar surface area (TPSA) is 58.6 Å². The zero-order chi connectivity index (χ0) is 15.7. The number of hydrogen-bond acceptors (Lipinski definition) is 3. The lowest BCUT2D eigenvalue weighted by molar-refractivity contribution is -0.143. The molecule has 1 aromatic rings. The van der Waals surface area contributed by atoms with Gasteiger partial charge in [-0.2, -0.15) is 0 Å². The first-order valence-corrected chi connectivity index (χ1v) is 7.37. The average molecular weight is 292 g/mol. The van der Waals surface area contributed by atoms with E-state index in [-0.39, 0.29) is 0 Å². The van der Waals surface area contributed by atoms with Gasteiger partial charge in [0.15, 0.2) is 0 Å². The molecule has 0 aromatic heterocycles. The van der Waals surface area contributed by atoms with Gasteiger partial charge in [0, 0.05) is 13.1 Å². The van der Waals surface area contributed by atoms with Crippen LogP contribution in [-0.4, -0.2) is 36.9 Å². The molecule has 1 rings (SSSR count). The van der Waals surface area contributed by atoms with Crippen molar-refractivity contribution >= 4 is 17.5 Å². The van der Waals surface area contributed by atoms with Crippen molar-refractivity contribution in [3.63, 3.8) is 0 Å². The molecule has 2 amide bonds. The van der Waals surface area contributed by atoms with E-state index in [4.69, 9.17) is 4.74 Å². The van der Waals surface area contributed by atoms with E-state index in [0.717, 1.165) is 19.3 Å². The highest BCUT2D eigenvalue weighted by Gasteiger charge is 2.21. The van der Waals surface area contributed by atoms with Gasteiger partial charge in [0.25, 0.3) is 0 Å². The number of carbonyl (C=O) groups excluding carboxylic acids is 2. The van der Waals surface area contributed by atoms with Gasteiger partial charge in [-0.1, -0.05) is 32.4 Å². The molecule has 116 valence electrons. The van der Waals surface area contributed by atoms with Crippen molar-refractivity contribution in [1.29, 1.82) is 0 Å². The number of hydrogen-bond donors (Lipinski definition) is 1. The second-order valence-corrected chi connectivity index (χ2v) is 4.80. The van der Waals surface area contributed by atoms with Crippen molar-refractivity contribution in [2.45, 2.75) is 33.1 Å². The fourth-order valence-electron chi connectivity index (χ4n) is 2.00. The van der Waals surface area contributed by atoms with Crippen LogP contribution < -0.4 is 10.1 Å². The molecule has 0 aliphatic heterocycles. The zero-order valence-electron chi connectivity index (χ0n) is 13.0. The highest BCUT2D eigenvalue weighted by molar-refractivity contribution is 6.39. The van der Waals surface area contributed by atoms with Crippen LogP contribution in [0.15, 0.2) is 24.3 Å². The molecule has 0 aliphatic carbocycles. The van der Waals surface area contributed by atoms with Gasteiger partial charge in [0.2, 0.25) is 0 Å². The first-order valence-electron chi connectivity index (χ1n) is 7.37. The Morgan fingerprint density at radius 2 is 1.86 bits per heavy atom. The molecule has 5 nitrogen and oxygen atoms in total. The van der Waals surface area contributed by atoms with Crippen molar-refractivity contribution in [3.8, 4) is 5.75 Å². The third-order valence-corrected chi connectivity index (χ3v) is 3.11. The molecule has 0 bridgehead atoms. The normalized spacial score (nSPS) is 10.0. The lowest BCUT2D eigenvalue weighted by Gasteiger charge is -2.21. The standard InChI is InChI=1S/C16H24N2O3/c1-4-6-12-18(11-5-2)16(20)15(19)17-13-9-7-8-10-14(13)21-3/h7-10H,4-6,11-12H2,1-3H3,(H,17,19). The number of para-hydroxylation sites is 2. The number of nitrogens with zero attached hydrogens (tertiary/aromatic N) is 1. The molecule has 0 unspecified atom stereocenters. The molecule has 0 heterocycles. The van der Waals surface area contributed by atoms with E-state index >= 15 is 0 Å². The van der Waals surface area contributed by atoms with Gasteiger partial charge in [0.05, 0.1) is 12.8 Å². The number of unbranched alkanes of at least 4 members (excludes halogenated alkanes) is 1.